The second-order valence-electron chi connectivity index (χ2n) is 6.32. The fraction of sp³-hybridized carbons (Fsp3) is 0.400. The smallest absolute Gasteiger partial charge is 0.218 e. The van der Waals surface area contributed by atoms with E-state index in [1.807, 2.05) is 43.5 Å². The lowest BCUT2D eigenvalue weighted by Gasteiger charge is -2.23. The zero-order valence-corrected chi connectivity index (χ0v) is 14.4. The number of nitrogens with zero attached hydrogens (tertiary/aromatic N) is 1. The minimum absolute atomic E-state index is 0.521. The van der Waals surface area contributed by atoms with Gasteiger partial charge < -0.3 is 4.74 Å². The summed E-state index contributed by atoms with van der Waals surface area (Å²) in [5.74, 6) is 0.521. The van der Waals surface area contributed by atoms with E-state index in [0.29, 0.717) is 11.5 Å². The molecule has 0 atom stereocenters. The van der Waals surface area contributed by atoms with E-state index >= 15 is 0 Å². The van der Waals surface area contributed by atoms with Crippen LogP contribution in [0.1, 0.15) is 31.7 Å². The zero-order chi connectivity index (χ0) is 17.4. The molecular weight excluding hydrogens is 302 g/mol. The van der Waals surface area contributed by atoms with Gasteiger partial charge in [-0.05, 0) is 62.3 Å². The third-order valence-corrected chi connectivity index (χ3v) is 4.21. The number of allylic oxidation sites excluding steroid dienone is 3. The molecule has 1 aromatic rings. The van der Waals surface area contributed by atoms with Crippen LogP contribution in [0.4, 0.5) is 5.69 Å². The molecule has 1 aliphatic heterocycles. The summed E-state index contributed by atoms with van der Waals surface area (Å²) in [6.07, 6.45) is 8.21. The van der Waals surface area contributed by atoms with Crippen molar-refractivity contribution in [3.05, 3.63) is 53.3 Å². The summed E-state index contributed by atoms with van der Waals surface area (Å²) in [7, 11) is 0. The first-order valence-electron chi connectivity index (χ1n) is 8.34. The Morgan fingerprint density at radius 1 is 1.21 bits per heavy atom. The molecule has 0 spiro atoms. The molecular formula is C20H25NO3. The van der Waals surface area contributed by atoms with Gasteiger partial charge >= 0.3 is 0 Å². The number of ether oxygens (including phenoxy) is 1. The summed E-state index contributed by atoms with van der Waals surface area (Å²) in [6, 6.07) is 7.79. The molecule has 0 bridgehead atoms. The summed E-state index contributed by atoms with van der Waals surface area (Å²) in [4.78, 5) is 24.1. The van der Waals surface area contributed by atoms with E-state index in [0.717, 1.165) is 62.0 Å². The Morgan fingerprint density at radius 3 is 2.46 bits per heavy atom. The molecule has 1 saturated heterocycles. The quantitative estimate of drug-likeness (QED) is 0.435. The maximum Gasteiger partial charge on any atom is 0.218 e. The maximum atomic E-state index is 11.5. The third-order valence-electron chi connectivity index (χ3n) is 4.21. The minimum atomic E-state index is 0.521. The molecule has 1 amide bonds. The van der Waals surface area contributed by atoms with Crippen LogP contribution in [0.3, 0.4) is 0 Å². The summed E-state index contributed by atoms with van der Waals surface area (Å²) in [5.41, 5.74) is 3.60. The van der Waals surface area contributed by atoms with E-state index in [1.165, 1.54) is 0 Å². The molecule has 24 heavy (non-hydrogen) atoms. The number of hydrogen-bond acceptors (Lipinski definition) is 3. The van der Waals surface area contributed by atoms with Crippen molar-refractivity contribution >= 4 is 18.4 Å². The summed E-state index contributed by atoms with van der Waals surface area (Å²) in [5, 5.41) is 0. The number of hydrogen-bond donors (Lipinski definition) is 0. The Morgan fingerprint density at radius 2 is 1.88 bits per heavy atom. The molecule has 1 aromatic carbocycles. The molecule has 0 saturated carbocycles. The molecule has 2 rings (SSSR count). The standard InChI is InChI=1S/C20H25NO3/c1-16-3-5-20(6-4-16)21(15-23)13-19(11-17(2)14-22)12-18-7-9-24-10-8-18/h3-6,11,13-15,18H,7-10,12H2,1-2H3/b17-11+,19-13+. The van der Waals surface area contributed by atoms with Crippen LogP contribution in [-0.4, -0.2) is 25.9 Å². The highest BCUT2D eigenvalue weighted by atomic mass is 16.5. The number of rotatable bonds is 7. The SMILES string of the molecule is C/C(C=O)=C\C(=C/N(C=O)c1ccc(C)cc1)CC1CCOCC1. The van der Waals surface area contributed by atoms with E-state index in [9.17, 15) is 9.59 Å². The van der Waals surface area contributed by atoms with Crippen LogP contribution in [0.5, 0.6) is 0 Å². The molecule has 0 N–H and O–H groups in total. The van der Waals surface area contributed by atoms with Crippen molar-refractivity contribution in [2.45, 2.75) is 33.1 Å². The largest absolute Gasteiger partial charge is 0.381 e. The van der Waals surface area contributed by atoms with Gasteiger partial charge in [0.2, 0.25) is 6.41 Å². The van der Waals surface area contributed by atoms with E-state index in [1.54, 1.807) is 11.8 Å². The van der Waals surface area contributed by atoms with E-state index in [4.69, 9.17) is 4.74 Å². The number of aldehydes is 1. The zero-order valence-electron chi connectivity index (χ0n) is 14.4. The molecule has 128 valence electrons. The van der Waals surface area contributed by atoms with Gasteiger partial charge in [0.15, 0.2) is 0 Å². The number of anilines is 1. The normalized spacial score (nSPS) is 16.8. The topological polar surface area (TPSA) is 46.6 Å². The van der Waals surface area contributed by atoms with Crippen LogP contribution in [0.2, 0.25) is 0 Å². The predicted octanol–water partition coefficient (Wildman–Crippen LogP) is 3.80. The fourth-order valence-electron chi connectivity index (χ4n) is 2.82. The number of carbonyl (C=O) groups is 2. The Kier molecular flexibility index (Phi) is 6.94. The number of carbonyl (C=O) groups excluding carboxylic acids is 2. The Labute approximate surface area is 143 Å². The van der Waals surface area contributed by atoms with Gasteiger partial charge in [0.1, 0.15) is 6.29 Å². The molecule has 0 aromatic heterocycles. The lowest BCUT2D eigenvalue weighted by Crippen LogP contribution is -2.18. The average molecular weight is 327 g/mol. The van der Waals surface area contributed by atoms with Crippen LogP contribution in [-0.2, 0) is 14.3 Å². The molecule has 1 fully saturated rings. The molecule has 1 heterocycles. The van der Waals surface area contributed by atoms with Crippen molar-refractivity contribution in [3.63, 3.8) is 0 Å². The summed E-state index contributed by atoms with van der Waals surface area (Å²) >= 11 is 0. The van der Waals surface area contributed by atoms with Gasteiger partial charge in [-0.1, -0.05) is 23.8 Å². The van der Waals surface area contributed by atoms with Crippen LogP contribution >= 0.6 is 0 Å². The monoisotopic (exact) mass is 327 g/mol. The lowest BCUT2D eigenvalue weighted by molar-refractivity contribution is -0.107. The molecule has 4 heteroatoms. The maximum absolute atomic E-state index is 11.5. The van der Waals surface area contributed by atoms with Gasteiger partial charge in [-0.2, -0.15) is 0 Å². The van der Waals surface area contributed by atoms with Gasteiger partial charge in [-0.25, -0.2) is 0 Å². The molecule has 0 aliphatic carbocycles. The van der Waals surface area contributed by atoms with Gasteiger partial charge in [0, 0.05) is 25.1 Å². The van der Waals surface area contributed by atoms with Crippen molar-refractivity contribution in [3.8, 4) is 0 Å². The van der Waals surface area contributed by atoms with Crippen LogP contribution in [0.15, 0.2) is 47.7 Å². The molecule has 1 aliphatic rings. The van der Waals surface area contributed by atoms with E-state index in [2.05, 4.69) is 0 Å². The first-order valence-corrected chi connectivity index (χ1v) is 8.34. The summed E-state index contributed by atoms with van der Waals surface area (Å²) < 4.78 is 5.41. The first-order chi connectivity index (χ1) is 11.6. The van der Waals surface area contributed by atoms with Crippen molar-refractivity contribution in [2.75, 3.05) is 18.1 Å². The Hall–Kier alpha value is -2.20. The molecule has 0 unspecified atom stereocenters. The van der Waals surface area contributed by atoms with Crippen LogP contribution < -0.4 is 4.90 Å². The Bertz CT molecular complexity index is 610. The second kappa shape index (κ2) is 9.18. The number of aryl methyl sites for hydroxylation is 1. The molecule has 0 radical (unpaired) electrons. The highest BCUT2D eigenvalue weighted by Crippen LogP contribution is 2.25. The van der Waals surface area contributed by atoms with Gasteiger partial charge in [-0.15, -0.1) is 0 Å². The van der Waals surface area contributed by atoms with E-state index < -0.39 is 0 Å². The van der Waals surface area contributed by atoms with Crippen LogP contribution in [0.25, 0.3) is 0 Å². The van der Waals surface area contributed by atoms with Crippen molar-refractivity contribution in [1.82, 2.24) is 0 Å². The average Bonchev–Trinajstić information content (AvgIpc) is 2.61. The van der Waals surface area contributed by atoms with Crippen molar-refractivity contribution in [1.29, 1.82) is 0 Å². The van der Waals surface area contributed by atoms with Crippen molar-refractivity contribution in [2.24, 2.45) is 5.92 Å². The third kappa shape index (κ3) is 5.46. The Balaban J connectivity index is 2.24. The van der Waals surface area contributed by atoms with Crippen LogP contribution in [0, 0.1) is 12.8 Å². The second-order valence-corrected chi connectivity index (χ2v) is 6.32. The van der Waals surface area contributed by atoms with Gasteiger partial charge in [-0.3, -0.25) is 14.5 Å². The van der Waals surface area contributed by atoms with Crippen molar-refractivity contribution < 1.29 is 14.3 Å². The highest BCUT2D eigenvalue weighted by Gasteiger charge is 2.16. The molecule has 4 nitrogen and oxygen atoms in total. The number of benzene rings is 1. The fourth-order valence-corrected chi connectivity index (χ4v) is 2.82. The lowest BCUT2D eigenvalue weighted by atomic mass is 9.92. The minimum Gasteiger partial charge on any atom is -0.381 e. The van der Waals surface area contributed by atoms with E-state index in [-0.39, 0.29) is 0 Å². The first kappa shape index (κ1) is 18.1. The van der Waals surface area contributed by atoms with Gasteiger partial charge in [0.25, 0.3) is 0 Å². The highest BCUT2D eigenvalue weighted by molar-refractivity contribution is 5.78. The summed E-state index contributed by atoms with van der Waals surface area (Å²) in [6.45, 7) is 5.35. The van der Waals surface area contributed by atoms with Gasteiger partial charge in [0.05, 0.1) is 0 Å². The number of amides is 1. The predicted molar refractivity (Wildman–Crippen MR) is 95.8 cm³/mol.